The zero-order valence-corrected chi connectivity index (χ0v) is 10.3. The molecule has 1 amide bonds. The molecule has 2 aromatic rings. The Morgan fingerprint density at radius 3 is 3.00 bits per heavy atom. The Labute approximate surface area is 110 Å². The number of nitrogens with one attached hydrogen (secondary N) is 1. The Hall–Kier alpha value is -2.68. The van der Waals surface area contributed by atoms with Crippen molar-refractivity contribution in [2.75, 3.05) is 6.54 Å². The number of hydrogen-bond acceptors (Lipinski definition) is 4. The van der Waals surface area contributed by atoms with Crippen molar-refractivity contribution < 1.29 is 4.79 Å². The lowest BCUT2D eigenvalue weighted by Crippen LogP contribution is -2.31. The van der Waals surface area contributed by atoms with Crippen molar-refractivity contribution in [2.45, 2.75) is 13.0 Å². The largest absolute Gasteiger partial charge is 0.333 e. The first kappa shape index (κ1) is 12.8. The van der Waals surface area contributed by atoms with Gasteiger partial charge in [-0.1, -0.05) is 6.07 Å². The van der Waals surface area contributed by atoms with Crippen LogP contribution in [0.2, 0.25) is 0 Å². The maximum Gasteiger partial charge on any atom is 0.257 e. The minimum absolute atomic E-state index is 0.146. The zero-order chi connectivity index (χ0) is 13.5. The van der Waals surface area contributed by atoms with E-state index in [0.29, 0.717) is 25.1 Å². The first-order valence-electron chi connectivity index (χ1n) is 5.85. The first-order valence-corrected chi connectivity index (χ1v) is 5.85. The second-order valence-corrected chi connectivity index (χ2v) is 3.98. The number of rotatable bonds is 5. The van der Waals surface area contributed by atoms with Crippen LogP contribution in [0.3, 0.4) is 0 Å². The summed E-state index contributed by atoms with van der Waals surface area (Å²) in [5.74, 6) is -0.146. The summed E-state index contributed by atoms with van der Waals surface area (Å²) < 4.78 is 0. The van der Waals surface area contributed by atoms with Crippen LogP contribution < -0.4 is 0 Å². The standard InChI is InChI=1S/C13H13N5O/c14-4-2-6-18(10-11-3-1-5-15-7-11)13(19)12-8-16-17-9-12/h1,3,5,7-9H,2,6,10H2,(H,16,17). The Bertz CT molecular complexity index is 558. The summed E-state index contributed by atoms with van der Waals surface area (Å²) in [7, 11) is 0. The molecule has 0 atom stereocenters. The molecule has 0 saturated heterocycles. The van der Waals surface area contributed by atoms with Gasteiger partial charge in [0.15, 0.2) is 0 Å². The van der Waals surface area contributed by atoms with Gasteiger partial charge in [-0.15, -0.1) is 0 Å². The van der Waals surface area contributed by atoms with Gasteiger partial charge in [0.05, 0.1) is 24.3 Å². The highest BCUT2D eigenvalue weighted by Crippen LogP contribution is 2.08. The highest BCUT2D eigenvalue weighted by atomic mass is 16.2. The number of aromatic amines is 1. The highest BCUT2D eigenvalue weighted by molar-refractivity contribution is 5.93. The van der Waals surface area contributed by atoms with E-state index in [-0.39, 0.29) is 5.91 Å². The molecular weight excluding hydrogens is 242 g/mol. The lowest BCUT2D eigenvalue weighted by Gasteiger charge is -2.20. The molecule has 0 radical (unpaired) electrons. The minimum Gasteiger partial charge on any atom is -0.333 e. The van der Waals surface area contributed by atoms with Crippen LogP contribution in [-0.2, 0) is 6.54 Å². The van der Waals surface area contributed by atoms with E-state index >= 15 is 0 Å². The molecule has 0 bridgehead atoms. The number of carbonyl (C=O) groups is 1. The fourth-order valence-electron chi connectivity index (χ4n) is 1.70. The van der Waals surface area contributed by atoms with Gasteiger partial charge in [-0.2, -0.15) is 10.4 Å². The maximum atomic E-state index is 12.3. The second kappa shape index (κ2) is 6.31. The quantitative estimate of drug-likeness (QED) is 0.874. The lowest BCUT2D eigenvalue weighted by atomic mass is 10.2. The van der Waals surface area contributed by atoms with Crippen LogP contribution in [0.25, 0.3) is 0 Å². The van der Waals surface area contributed by atoms with E-state index in [1.807, 2.05) is 12.1 Å². The van der Waals surface area contributed by atoms with Crippen LogP contribution in [0.4, 0.5) is 0 Å². The number of nitrogens with zero attached hydrogens (tertiary/aromatic N) is 4. The molecule has 19 heavy (non-hydrogen) atoms. The van der Waals surface area contributed by atoms with E-state index in [0.717, 1.165) is 5.56 Å². The van der Waals surface area contributed by atoms with Crippen LogP contribution >= 0.6 is 0 Å². The number of pyridine rings is 1. The fourth-order valence-corrected chi connectivity index (χ4v) is 1.70. The number of nitriles is 1. The minimum atomic E-state index is -0.146. The van der Waals surface area contributed by atoms with Gasteiger partial charge in [0.25, 0.3) is 5.91 Å². The Morgan fingerprint density at radius 1 is 1.47 bits per heavy atom. The van der Waals surface area contributed by atoms with Crippen molar-refractivity contribution in [3.8, 4) is 6.07 Å². The predicted molar refractivity (Wildman–Crippen MR) is 67.8 cm³/mol. The van der Waals surface area contributed by atoms with Gasteiger partial charge in [-0.25, -0.2) is 0 Å². The predicted octanol–water partition coefficient (Wildman–Crippen LogP) is 1.36. The van der Waals surface area contributed by atoms with E-state index in [4.69, 9.17) is 5.26 Å². The summed E-state index contributed by atoms with van der Waals surface area (Å²) in [5.41, 5.74) is 1.42. The monoisotopic (exact) mass is 255 g/mol. The van der Waals surface area contributed by atoms with Crippen LogP contribution in [0, 0.1) is 11.3 Å². The third-order valence-corrected chi connectivity index (χ3v) is 2.62. The van der Waals surface area contributed by atoms with E-state index in [1.165, 1.54) is 6.20 Å². The second-order valence-electron chi connectivity index (χ2n) is 3.98. The van der Waals surface area contributed by atoms with Crippen LogP contribution in [-0.4, -0.2) is 32.5 Å². The zero-order valence-electron chi connectivity index (χ0n) is 10.3. The molecule has 0 unspecified atom stereocenters. The number of hydrogen-bond donors (Lipinski definition) is 1. The molecule has 2 aromatic heterocycles. The summed E-state index contributed by atoms with van der Waals surface area (Å²) in [6, 6.07) is 5.77. The van der Waals surface area contributed by atoms with E-state index in [9.17, 15) is 4.79 Å². The van der Waals surface area contributed by atoms with Crippen LogP contribution in [0.15, 0.2) is 36.9 Å². The van der Waals surface area contributed by atoms with Crippen LogP contribution in [0.5, 0.6) is 0 Å². The molecule has 2 rings (SSSR count). The number of H-pyrrole nitrogens is 1. The molecule has 0 saturated carbocycles. The third-order valence-electron chi connectivity index (χ3n) is 2.62. The van der Waals surface area contributed by atoms with Gasteiger partial charge >= 0.3 is 0 Å². The van der Waals surface area contributed by atoms with Gasteiger partial charge in [0.2, 0.25) is 0 Å². The highest BCUT2D eigenvalue weighted by Gasteiger charge is 2.16. The molecular formula is C13H13N5O. The lowest BCUT2D eigenvalue weighted by molar-refractivity contribution is 0.0747. The van der Waals surface area contributed by atoms with Gasteiger partial charge in [-0.05, 0) is 11.6 Å². The molecule has 2 heterocycles. The summed E-state index contributed by atoms with van der Waals surface area (Å²) in [5, 5.41) is 15.0. The van der Waals surface area contributed by atoms with E-state index in [2.05, 4.69) is 21.3 Å². The van der Waals surface area contributed by atoms with E-state index < -0.39 is 0 Å². The third kappa shape index (κ3) is 3.39. The normalized spacial score (nSPS) is 9.84. The van der Waals surface area contributed by atoms with Gasteiger partial charge < -0.3 is 4.90 Å². The molecule has 0 aliphatic rings. The van der Waals surface area contributed by atoms with Gasteiger partial charge in [0.1, 0.15) is 0 Å². The first-order chi connectivity index (χ1) is 9.31. The van der Waals surface area contributed by atoms with E-state index in [1.54, 1.807) is 23.5 Å². The molecule has 0 aliphatic carbocycles. The van der Waals surface area contributed by atoms with Crippen molar-refractivity contribution in [2.24, 2.45) is 0 Å². The Kier molecular flexibility index (Phi) is 4.24. The topological polar surface area (TPSA) is 85.7 Å². The van der Waals surface area contributed by atoms with Crippen molar-refractivity contribution in [1.82, 2.24) is 20.1 Å². The summed E-state index contributed by atoms with van der Waals surface area (Å²) in [6.45, 7) is 0.814. The Balaban J connectivity index is 2.12. The number of carbonyl (C=O) groups excluding carboxylic acids is 1. The summed E-state index contributed by atoms with van der Waals surface area (Å²) in [4.78, 5) is 17.9. The maximum absolute atomic E-state index is 12.3. The van der Waals surface area contributed by atoms with Crippen molar-refractivity contribution in [3.63, 3.8) is 0 Å². The average Bonchev–Trinajstić information content (AvgIpc) is 2.98. The molecule has 6 heteroatoms. The molecule has 96 valence electrons. The summed E-state index contributed by atoms with van der Waals surface area (Å²) >= 11 is 0. The van der Waals surface area contributed by atoms with Crippen molar-refractivity contribution >= 4 is 5.91 Å². The summed E-state index contributed by atoms with van der Waals surface area (Å²) in [6.07, 6.45) is 6.71. The Morgan fingerprint density at radius 2 is 2.37 bits per heavy atom. The molecule has 1 N–H and O–H groups in total. The molecule has 6 nitrogen and oxygen atoms in total. The SMILES string of the molecule is N#CCCN(Cc1cccnc1)C(=O)c1cn[nH]c1. The molecule has 0 fully saturated rings. The van der Waals surface area contributed by atoms with Gasteiger partial charge in [0, 0.05) is 31.7 Å². The number of amides is 1. The molecule has 0 aromatic carbocycles. The molecule has 0 aliphatic heterocycles. The average molecular weight is 255 g/mol. The van der Waals surface area contributed by atoms with Crippen molar-refractivity contribution in [1.29, 1.82) is 5.26 Å². The smallest absolute Gasteiger partial charge is 0.257 e. The van der Waals surface area contributed by atoms with Crippen molar-refractivity contribution in [3.05, 3.63) is 48.0 Å². The fraction of sp³-hybridized carbons (Fsp3) is 0.231. The van der Waals surface area contributed by atoms with Crippen LogP contribution in [0.1, 0.15) is 22.3 Å². The molecule has 0 spiro atoms. The van der Waals surface area contributed by atoms with Gasteiger partial charge in [-0.3, -0.25) is 14.9 Å². The number of aromatic nitrogens is 3.